The van der Waals surface area contributed by atoms with Crippen LogP contribution in [-0.2, 0) is 0 Å². The van der Waals surface area contributed by atoms with Crippen molar-refractivity contribution >= 4 is 5.57 Å². The van der Waals surface area contributed by atoms with E-state index in [9.17, 15) is 5.11 Å². The lowest BCUT2D eigenvalue weighted by atomic mass is 9.95. The molecule has 1 aromatic rings. The fraction of sp³-hybridized carbons (Fsp3) is 0.556. The second kappa shape index (κ2) is 8.11. The molecule has 0 saturated heterocycles. The number of aryl methyl sites for hydroxylation is 1. The molecule has 0 saturated carbocycles. The van der Waals surface area contributed by atoms with Gasteiger partial charge in [0.1, 0.15) is 5.75 Å². The first kappa shape index (κ1) is 16.8. The summed E-state index contributed by atoms with van der Waals surface area (Å²) in [5, 5.41) is 10.2. The number of unbranched alkanes of at least 4 members (excludes halogenated alkanes) is 1. The van der Waals surface area contributed by atoms with Crippen LogP contribution in [0.4, 0.5) is 0 Å². The van der Waals surface area contributed by atoms with E-state index in [4.69, 9.17) is 0 Å². The van der Waals surface area contributed by atoms with E-state index < -0.39 is 0 Å². The van der Waals surface area contributed by atoms with E-state index >= 15 is 0 Å². The number of phenolic OH excluding ortho intramolecular Hbond substituents is 1. The molecule has 0 unspecified atom stereocenters. The molecule has 1 aromatic carbocycles. The van der Waals surface area contributed by atoms with Gasteiger partial charge >= 0.3 is 0 Å². The summed E-state index contributed by atoms with van der Waals surface area (Å²) in [4.78, 5) is 2.34. The third-order valence-electron chi connectivity index (χ3n) is 3.87. The van der Waals surface area contributed by atoms with Crippen molar-refractivity contribution < 1.29 is 5.11 Å². The summed E-state index contributed by atoms with van der Waals surface area (Å²) < 4.78 is 0. The molecular formula is C18H29NO. The Hall–Kier alpha value is -1.28. The molecule has 2 heteroatoms. The summed E-state index contributed by atoms with van der Waals surface area (Å²) in [7, 11) is 2.15. The first-order valence-electron chi connectivity index (χ1n) is 7.65. The van der Waals surface area contributed by atoms with Crippen LogP contribution in [0.1, 0.15) is 51.2 Å². The third kappa shape index (κ3) is 4.68. The van der Waals surface area contributed by atoms with Crippen molar-refractivity contribution in [2.45, 2.75) is 53.0 Å². The van der Waals surface area contributed by atoms with Crippen LogP contribution in [0.2, 0.25) is 0 Å². The van der Waals surface area contributed by atoms with E-state index in [0.717, 1.165) is 36.9 Å². The van der Waals surface area contributed by atoms with Crippen LogP contribution in [0.15, 0.2) is 24.3 Å². The van der Waals surface area contributed by atoms with Gasteiger partial charge in [0.25, 0.3) is 0 Å². The van der Waals surface area contributed by atoms with Crippen LogP contribution < -0.4 is 0 Å². The largest absolute Gasteiger partial charge is 0.507 e. The lowest BCUT2D eigenvalue weighted by Crippen LogP contribution is -2.27. The number of benzene rings is 1. The fourth-order valence-corrected chi connectivity index (χ4v) is 2.27. The van der Waals surface area contributed by atoms with Crippen molar-refractivity contribution in [2.75, 3.05) is 13.6 Å². The Morgan fingerprint density at radius 3 is 2.60 bits per heavy atom. The molecule has 0 aromatic heterocycles. The van der Waals surface area contributed by atoms with Gasteiger partial charge in [0, 0.05) is 18.2 Å². The predicted octanol–water partition coefficient (Wildman–Crippen LogP) is 4.61. The van der Waals surface area contributed by atoms with Gasteiger partial charge in [-0.3, -0.25) is 0 Å². The second-order valence-corrected chi connectivity index (χ2v) is 5.81. The molecule has 0 aliphatic rings. The van der Waals surface area contributed by atoms with E-state index in [-0.39, 0.29) is 0 Å². The SMILES string of the molecule is CCC/C=C(/CCN(C)C(C)C)c1c(C)cccc1O. The zero-order valence-corrected chi connectivity index (χ0v) is 13.6. The number of nitrogens with zero attached hydrogens (tertiary/aromatic N) is 1. The van der Waals surface area contributed by atoms with Crippen molar-refractivity contribution in [3.8, 4) is 5.75 Å². The Bertz CT molecular complexity index is 428. The van der Waals surface area contributed by atoms with Gasteiger partial charge < -0.3 is 10.0 Å². The van der Waals surface area contributed by atoms with Crippen LogP contribution in [0.5, 0.6) is 5.75 Å². The van der Waals surface area contributed by atoms with E-state index in [1.807, 2.05) is 6.07 Å². The molecule has 0 spiro atoms. The average Bonchev–Trinajstić information content (AvgIpc) is 2.40. The van der Waals surface area contributed by atoms with Crippen LogP contribution in [0.25, 0.3) is 5.57 Å². The molecule has 0 bridgehead atoms. The maximum Gasteiger partial charge on any atom is 0.123 e. The van der Waals surface area contributed by atoms with Gasteiger partial charge in [0.15, 0.2) is 0 Å². The summed E-state index contributed by atoms with van der Waals surface area (Å²) >= 11 is 0. The average molecular weight is 275 g/mol. The molecule has 0 heterocycles. The van der Waals surface area contributed by atoms with Crippen molar-refractivity contribution in [3.05, 3.63) is 35.4 Å². The minimum absolute atomic E-state index is 0.402. The quantitative estimate of drug-likeness (QED) is 0.785. The fourth-order valence-electron chi connectivity index (χ4n) is 2.27. The van der Waals surface area contributed by atoms with E-state index in [1.54, 1.807) is 6.07 Å². The molecule has 0 atom stereocenters. The summed E-state index contributed by atoms with van der Waals surface area (Å²) in [5.41, 5.74) is 3.45. The monoisotopic (exact) mass is 275 g/mol. The minimum Gasteiger partial charge on any atom is -0.507 e. The lowest BCUT2D eigenvalue weighted by molar-refractivity contribution is 0.280. The van der Waals surface area contributed by atoms with E-state index in [0.29, 0.717) is 11.8 Å². The van der Waals surface area contributed by atoms with Crippen molar-refractivity contribution in [1.82, 2.24) is 4.90 Å². The summed E-state index contributed by atoms with van der Waals surface area (Å²) in [5.74, 6) is 0.402. The predicted molar refractivity (Wildman–Crippen MR) is 88.1 cm³/mol. The van der Waals surface area contributed by atoms with Crippen LogP contribution in [0, 0.1) is 6.92 Å². The van der Waals surface area contributed by atoms with Gasteiger partial charge in [-0.15, -0.1) is 0 Å². The smallest absolute Gasteiger partial charge is 0.123 e. The molecule has 0 radical (unpaired) electrons. The number of hydrogen-bond acceptors (Lipinski definition) is 2. The Kier molecular flexibility index (Phi) is 6.80. The molecule has 0 fully saturated rings. The molecule has 0 aliphatic heterocycles. The number of hydrogen-bond donors (Lipinski definition) is 1. The lowest BCUT2D eigenvalue weighted by Gasteiger charge is -2.22. The zero-order chi connectivity index (χ0) is 15.1. The van der Waals surface area contributed by atoms with Gasteiger partial charge in [-0.2, -0.15) is 0 Å². The molecule has 2 nitrogen and oxygen atoms in total. The van der Waals surface area contributed by atoms with Gasteiger partial charge in [-0.1, -0.05) is 31.6 Å². The van der Waals surface area contributed by atoms with Gasteiger partial charge in [0.05, 0.1) is 0 Å². The number of phenols is 1. The minimum atomic E-state index is 0.402. The highest BCUT2D eigenvalue weighted by molar-refractivity contribution is 5.73. The zero-order valence-electron chi connectivity index (χ0n) is 13.6. The van der Waals surface area contributed by atoms with Crippen LogP contribution in [0.3, 0.4) is 0 Å². The Balaban J connectivity index is 2.96. The highest BCUT2D eigenvalue weighted by Gasteiger charge is 2.12. The van der Waals surface area contributed by atoms with Crippen molar-refractivity contribution in [3.63, 3.8) is 0 Å². The summed E-state index contributed by atoms with van der Waals surface area (Å²) in [6.07, 6.45) is 5.47. The molecular weight excluding hydrogens is 246 g/mol. The van der Waals surface area contributed by atoms with Crippen LogP contribution >= 0.6 is 0 Å². The molecule has 112 valence electrons. The van der Waals surface area contributed by atoms with Gasteiger partial charge in [-0.05, 0) is 57.9 Å². The highest BCUT2D eigenvalue weighted by Crippen LogP contribution is 2.31. The Morgan fingerprint density at radius 2 is 2.05 bits per heavy atom. The van der Waals surface area contributed by atoms with Gasteiger partial charge in [-0.25, -0.2) is 0 Å². The third-order valence-corrected chi connectivity index (χ3v) is 3.87. The van der Waals surface area contributed by atoms with E-state index in [2.05, 4.69) is 51.8 Å². The first-order valence-corrected chi connectivity index (χ1v) is 7.65. The number of allylic oxidation sites excluding steroid dienone is 1. The number of rotatable bonds is 7. The standard InChI is InChI=1S/C18H29NO/c1-6-7-10-16(12-13-19(5)14(2)3)18-15(4)9-8-11-17(18)20/h8-11,14,20H,6-7,12-13H2,1-5H3/b16-10-. The maximum atomic E-state index is 10.2. The first-order chi connectivity index (χ1) is 9.47. The Labute approximate surface area is 124 Å². The molecule has 0 aliphatic carbocycles. The molecule has 20 heavy (non-hydrogen) atoms. The molecule has 1 N–H and O–H groups in total. The normalized spacial score (nSPS) is 12.4. The maximum absolute atomic E-state index is 10.2. The molecule has 1 rings (SSSR count). The highest BCUT2D eigenvalue weighted by atomic mass is 16.3. The Morgan fingerprint density at radius 1 is 1.35 bits per heavy atom. The van der Waals surface area contributed by atoms with Crippen LogP contribution in [-0.4, -0.2) is 29.6 Å². The number of aromatic hydroxyl groups is 1. The van der Waals surface area contributed by atoms with Crippen molar-refractivity contribution in [1.29, 1.82) is 0 Å². The second-order valence-electron chi connectivity index (χ2n) is 5.81. The topological polar surface area (TPSA) is 23.5 Å². The summed E-state index contributed by atoms with van der Waals surface area (Å²) in [6.45, 7) is 9.69. The molecule has 0 amide bonds. The van der Waals surface area contributed by atoms with Gasteiger partial charge in [0.2, 0.25) is 0 Å². The van der Waals surface area contributed by atoms with E-state index in [1.165, 1.54) is 5.57 Å². The van der Waals surface area contributed by atoms with Crippen molar-refractivity contribution in [2.24, 2.45) is 0 Å². The summed E-state index contributed by atoms with van der Waals surface area (Å²) in [6, 6.07) is 6.31.